The standard InChI is InChI=1S/C22H18Cl2N4O2/c23-17-9-16(11-25-13-17)18(29)8-14-2-4-19(26-10-14)22(6-1-7-22)28-21(30)15-3-5-20(24)27-12-15/h2-5,9-13H,1,6-8H2,(H,28,30). The van der Waals surface area contributed by atoms with Crippen molar-refractivity contribution < 1.29 is 9.59 Å². The number of ketones is 1. The lowest BCUT2D eigenvalue weighted by Crippen LogP contribution is -2.51. The summed E-state index contributed by atoms with van der Waals surface area (Å²) in [6, 6.07) is 8.57. The fraction of sp³-hybridized carbons (Fsp3) is 0.227. The molecule has 1 saturated carbocycles. The van der Waals surface area contributed by atoms with E-state index < -0.39 is 5.54 Å². The van der Waals surface area contributed by atoms with Gasteiger partial charge >= 0.3 is 0 Å². The lowest BCUT2D eigenvalue weighted by atomic mass is 9.73. The van der Waals surface area contributed by atoms with Crippen LogP contribution < -0.4 is 5.32 Å². The molecule has 0 atom stereocenters. The molecule has 1 N–H and O–H groups in total. The lowest BCUT2D eigenvalue weighted by molar-refractivity contribution is 0.0816. The predicted octanol–water partition coefficient (Wildman–Crippen LogP) is 4.41. The van der Waals surface area contributed by atoms with Gasteiger partial charge in [0.2, 0.25) is 0 Å². The van der Waals surface area contributed by atoms with Crippen molar-refractivity contribution in [3.8, 4) is 0 Å². The summed E-state index contributed by atoms with van der Waals surface area (Å²) in [5.41, 5.74) is 1.97. The number of pyridine rings is 3. The number of nitrogens with one attached hydrogen (secondary N) is 1. The molecule has 0 radical (unpaired) electrons. The zero-order chi connectivity index (χ0) is 21.1. The topological polar surface area (TPSA) is 84.8 Å². The maximum absolute atomic E-state index is 12.7. The van der Waals surface area contributed by atoms with Crippen LogP contribution in [0.15, 0.2) is 55.1 Å². The van der Waals surface area contributed by atoms with Gasteiger partial charge in [0.25, 0.3) is 5.91 Å². The fourth-order valence-electron chi connectivity index (χ4n) is 3.44. The second-order valence-corrected chi connectivity index (χ2v) is 8.13. The van der Waals surface area contributed by atoms with Gasteiger partial charge in [0.15, 0.2) is 5.78 Å². The summed E-state index contributed by atoms with van der Waals surface area (Å²) >= 11 is 11.7. The van der Waals surface area contributed by atoms with Crippen LogP contribution in [0.3, 0.4) is 0 Å². The maximum Gasteiger partial charge on any atom is 0.253 e. The number of hydrogen-bond acceptors (Lipinski definition) is 5. The van der Waals surface area contributed by atoms with Gasteiger partial charge in [-0.05, 0) is 49.1 Å². The summed E-state index contributed by atoms with van der Waals surface area (Å²) < 4.78 is 0. The maximum atomic E-state index is 12.7. The van der Waals surface area contributed by atoms with E-state index in [1.807, 2.05) is 12.1 Å². The quantitative estimate of drug-likeness (QED) is 0.453. The first kappa shape index (κ1) is 20.4. The van der Waals surface area contributed by atoms with Crippen LogP contribution in [0.2, 0.25) is 10.2 Å². The molecule has 3 aromatic rings. The molecule has 0 saturated heterocycles. The highest BCUT2D eigenvalue weighted by Crippen LogP contribution is 2.40. The Hall–Kier alpha value is -2.83. The third-order valence-electron chi connectivity index (χ3n) is 5.26. The van der Waals surface area contributed by atoms with Crippen molar-refractivity contribution in [2.24, 2.45) is 0 Å². The second-order valence-electron chi connectivity index (χ2n) is 7.30. The molecule has 3 aromatic heterocycles. The molecule has 1 aliphatic rings. The SMILES string of the molecule is O=C(Cc1ccc(C2(NC(=O)c3ccc(Cl)nc3)CCC2)nc1)c1cncc(Cl)c1. The summed E-state index contributed by atoms with van der Waals surface area (Å²) in [5, 5.41) is 3.86. The van der Waals surface area contributed by atoms with Gasteiger partial charge in [-0.2, -0.15) is 0 Å². The number of nitrogens with zero attached hydrogens (tertiary/aromatic N) is 3. The van der Waals surface area contributed by atoms with E-state index in [2.05, 4.69) is 20.3 Å². The van der Waals surface area contributed by atoms with E-state index in [-0.39, 0.29) is 18.1 Å². The predicted molar refractivity (Wildman–Crippen MR) is 114 cm³/mol. The Morgan fingerprint density at radius 3 is 2.40 bits per heavy atom. The van der Waals surface area contributed by atoms with Crippen LogP contribution in [0.5, 0.6) is 0 Å². The first-order valence-electron chi connectivity index (χ1n) is 9.48. The average molecular weight is 441 g/mol. The van der Waals surface area contributed by atoms with Crippen molar-refractivity contribution in [1.29, 1.82) is 0 Å². The minimum atomic E-state index is -0.504. The van der Waals surface area contributed by atoms with E-state index in [0.717, 1.165) is 30.5 Å². The molecule has 1 amide bonds. The van der Waals surface area contributed by atoms with Crippen LogP contribution in [0, 0.1) is 0 Å². The Balaban J connectivity index is 1.47. The molecule has 0 unspecified atom stereocenters. The zero-order valence-electron chi connectivity index (χ0n) is 15.9. The Labute approximate surface area is 183 Å². The van der Waals surface area contributed by atoms with E-state index in [1.54, 1.807) is 24.4 Å². The summed E-state index contributed by atoms with van der Waals surface area (Å²) in [6.07, 6.45) is 8.94. The van der Waals surface area contributed by atoms with E-state index in [0.29, 0.717) is 21.3 Å². The minimum Gasteiger partial charge on any atom is -0.341 e. The number of amides is 1. The third-order valence-corrected chi connectivity index (χ3v) is 5.69. The van der Waals surface area contributed by atoms with Crippen LogP contribution in [0.4, 0.5) is 0 Å². The minimum absolute atomic E-state index is 0.0820. The van der Waals surface area contributed by atoms with Crippen LogP contribution in [0.25, 0.3) is 0 Å². The van der Waals surface area contributed by atoms with Gasteiger partial charge < -0.3 is 5.32 Å². The highest BCUT2D eigenvalue weighted by atomic mass is 35.5. The van der Waals surface area contributed by atoms with Crippen molar-refractivity contribution in [2.75, 3.05) is 0 Å². The van der Waals surface area contributed by atoms with E-state index in [9.17, 15) is 9.59 Å². The number of carbonyl (C=O) groups is 2. The number of aromatic nitrogens is 3. The van der Waals surface area contributed by atoms with Gasteiger partial charge in [0.1, 0.15) is 5.15 Å². The molecular formula is C22H18Cl2N4O2. The highest BCUT2D eigenvalue weighted by Gasteiger charge is 2.41. The molecule has 1 aliphatic carbocycles. The summed E-state index contributed by atoms with van der Waals surface area (Å²) in [6.45, 7) is 0. The Morgan fingerprint density at radius 1 is 0.967 bits per heavy atom. The van der Waals surface area contributed by atoms with Crippen molar-refractivity contribution in [1.82, 2.24) is 20.3 Å². The largest absolute Gasteiger partial charge is 0.341 e. The molecule has 4 rings (SSSR count). The number of hydrogen-bond donors (Lipinski definition) is 1. The Bertz CT molecular complexity index is 1080. The van der Waals surface area contributed by atoms with Gasteiger partial charge in [-0.3, -0.25) is 19.6 Å². The van der Waals surface area contributed by atoms with Crippen molar-refractivity contribution in [3.63, 3.8) is 0 Å². The van der Waals surface area contributed by atoms with E-state index in [1.165, 1.54) is 18.6 Å². The van der Waals surface area contributed by atoms with Gasteiger partial charge in [-0.1, -0.05) is 29.3 Å². The van der Waals surface area contributed by atoms with E-state index in [4.69, 9.17) is 23.2 Å². The average Bonchev–Trinajstić information content (AvgIpc) is 2.72. The number of rotatable bonds is 6. The Morgan fingerprint density at radius 2 is 1.80 bits per heavy atom. The highest BCUT2D eigenvalue weighted by molar-refractivity contribution is 6.30. The molecule has 8 heteroatoms. The molecule has 0 spiro atoms. The van der Waals surface area contributed by atoms with Crippen LogP contribution in [0.1, 0.15) is 51.2 Å². The summed E-state index contributed by atoms with van der Waals surface area (Å²) in [5.74, 6) is -0.296. The number of halogens is 2. The van der Waals surface area contributed by atoms with Crippen LogP contribution >= 0.6 is 23.2 Å². The molecule has 0 aliphatic heterocycles. The molecule has 0 aromatic carbocycles. The molecule has 152 valence electrons. The molecule has 3 heterocycles. The summed E-state index contributed by atoms with van der Waals surface area (Å²) in [7, 11) is 0. The fourth-order valence-corrected chi connectivity index (χ4v) is 3.72. The zero-order valence-corrected chi connectivity index (χ0v) is 17.5. The van der Waals surface area contributed by atoms with E-state index >= 15 is 0 Å². The second kappa shape index (κ2) is 8.50. The van der Waals surface area contributed by atoms with Crippen molar-refractivity contribution in [2.45, 2.75) is 31.2 Å². The van der Waals surface area contributed by atoms with Crippen LogP contribution in [-0.2, 0) is 12.0 Å². The van der Waals surface area contributed by atoms with Gasteiger partial charge in [-0.25, -0.2) is 4.98 Å². The third kappa shape index (κ3) is 4.35. The summed E-state index contributed by atoms with van der Waals surface area (Å²) in [4.78, 5) is 37.6. The van der Waals surface area contributed by atoms with Crippen LogP contribution in [-0.4, -0.2) is 26.6 Å². The smallest absolute Gasteiger partial charge is 0.253 e. The Kier molecular flexibility index (Phi) is 5.79. The monoisotopic (exact) mass is 440 g/mol. The van der Waals surface area contributed by atoms with Gasteiger partial charge in [0, 0.05) is 36.8 Å². The molecular weight excluding hydrogens is 423 g/mol. The van der Waals surface area contributed by atoms with Gasteiger partial charge in [-0.15, -0.1) is 0 Å². The molecule has 30 heavy (non-hydrogen) atoms. The lowest BCUT2D eigenvalue weighted by Gasteiger charge is -2.42. The van der Waals surface area contributed by atoms with Crippen molar-refractivity contribution >= 4 is 34.9 Å². The van der Waals surface area contributed by atoms with Crippen molar-refractivity contribution in [3.05, 3.63) is 87.7 Å². The number of Topliss-reactive ketones (excluding diaryl/α,β-unsaturated/α-hetero) is 1. The molecule has 6 nitrogen and oxygen atoms in total. The normalized spacial score (nSPS) is 14.6. The first-order chi connectivity index (χ1) is 14.4. The first-order valence-corrected chi connectivity index (χ1v) is 10.2. The molecule has 1 fully saturated rings. The van der Waals surface area contributed by atoms with Gasteiger partial charge in [0.05, 0.1) is 21.8 Å². The number of carbonyl (C=O) groups excluding carboxylic acids is 2. The molecule has 0 bridgehead atoms.